The standard InChI is InChI=1S/C29H21Cl2FN4O3.C2HF3O2/c1-17-9-21(29(38)35-16-18-3-2-8-34-15-18)5-7-25(17)36-26(37)12-20-4-6-24(31)28(27(20)32)39-23-11-19(14-33)10-22(30)13-23;3-2(4,5)1(6)7/h2-11,13,15H,12,16H2,1H3,(H,35,38)(H,36,37);(H,6,7). The lowest BCUT2D eigenvalue weighted by Crippen LogP contribution is -2.23. The number of carbonyl (C=O) groups is 3. The number of alkyl halides is 3. The molecule has 0 aliphatic carbocycles. The van der Waals surface area contributed by atoms with Gasteiger partial charge in [0.1, 0.15) is 5.75 Å². The Hall–Kier alpha value is -5.19. The minimum absolute atomic E-state index is 0.0108. The third-order valence-corrected chi connectivity index (χ3v) is 6.40. The number of carboxylic acid groups (broad SMARTS) is 1. The number of aliphatic carboxylic acids is 1. The van der Waals surface area contributed by atoms with Gasteiger partial charge in [0.15, 0.2) is 11.6 Å². The molecule has 4 rings (SSSR count). The first-order chi connectivity index (χ1) is 21.7. The zero-order valence-corrected chi connectivity index (χ0v) is 25.1. The number of carbonyl (C=O) groups excluding carboxylic acids is 2. The molecular formula is C31H22Cl2F4N4O5. The number of pyridine rings is 1. The lowest BCUT2D eigenvalue weighted by molar-refractivity contribution is -0.192. The molecule has 238 valence electrons. The summed E-state index contributed by atoms with van der Waals surface area (Å²) in [6.45, 7) is 2.09. The summed E-state index contributed by atoms with van der Waals surface area (Å²) in [5, 5.41) is 22.0. The van der Waals surface area contributed by atoms with Crippen LogP contribution in [0.2, 0.25) is 10.0 Å². The highest BCUT2D eigenvalue weighted by Gasteiger charge is 2.38. The Labute approximate surface area is 269 Å². The maximum absolute atomic E-state index is 15.3. The molecule has 0 saturated carbocycles. The molecule has 0 unspecified atom stereocenters. The number of aryl methyl sites for hydroxylation is 1. The summed E-state index contributed by atoms with van der Waals surface area (Å²) in [5.74, 6) is -4.47. The summed E-state index contributed by atoms with van der Waals surface area (Å²) in [6, 6.07) is 17.5. The predicted octanol–water partition coefficient (Wildman–Crippen LogP) is 7.24. The lowest BCUT2D eigenvalue weighted by atomic mass is 10.1. The van der Waals surface area contributed by atoms with Crippen LogP contribution in [0, 0.1) is 24.1 Å². The predicted molar refractivity (Wildman–Crippen MR) is 160 cm³/mol. The van der Waals surface area contributed by atoms with Crippen LogP contribution in [0.5, 0.6) is 11.5 Å². The molecular weight excluding hydrogens is 655 g/mol. The average Bonchev–Trinajstić information content (AvgIpc) is 3.00. The van der Waals surface area contributed by atoms with Crippen LogP contribution in [0.15, 0.2) is 73.1 Å². The number of rotatable bonds is 8. The summed E-state index contributed by atoms with van der Waals surface area (Å²) in [5.41, 5.74) is 2.73. The average molecular weight is 677 g/mol. The number of benzene rings is 3. The second kappa shape index (κ2) is 15.7. The molecule has 0 aliphatic heterocycles. The minimum atomic E-state index is -5.08. The molecule has 1 heterocycles. The van der Waals surface area contributed by atoms with Gasteiger partial charge in [-0.25, -0.2) is 9.18 Å². The number of hydrogen-bond donors (Lipinski definition) is 3. The van der Waals surface area contributed by atoms with Gasteiger partial charge < -0.3 is 20.5 Å². The number of aromatic nitrogens is 1. The minimum Gasteiger partial charge on any atom is -0.475 e. The molecule has 0 aliphatic rings. The van der Waals surface area contributed by atoms with Crippen LogP contribution in [-0.2, 0) is 22.6 Å². The van der Waals surface area contributed by atoms with Crippen LogP contribution in [0.25, 0.3) is 0 Å². The van der Waals surface area contributed by atoms with Gasteiger partial charge in [-0.05, 0) is 66.6 Å². The van der Waals surface area contributed by atoms with Crippen molar-refractivity contribution in [3.63, 3.8) is 0 Å². The Morgan fingerprint density at radius 1 is 1.07 bits per heavy atom. The lowest BCUT2D eigenvalue weighted by Gasteiger charge is -2.13. The van der Waals surface area contributed by atoms with Gasteiger partial charge in [-0.3, -0.25) is 14.6 Å². The fraction of sp³-hybridized carbons (Fsp3) is 0.129. The highest BCUT2D eigenvalue weighted by atomic mass is 35.5. The van der Waals surface area contributed by atoms with E-state index in [2.05, 4.69) is 15.6 Å². The Kier molecular flexibility index (Phi) is 12.0. The molecule has 15 heteroatoms. The Morgan fingerprint density at radius 2 is 1.78 bits per heavy atom. The van der Waals surface area contributed by atoms with E-state index in [9.17, 15) is 22.8 Å². The second-order valence-corrected chi connectivity index (χ2v) is 10.2. The number of halogens is 6. The SMILES string of the molecule is Cc1cc(C(=O)NCc2cccnc2)ccc1NC(=O)Cc1ccc(Cl)c(Oc2cc(Cl)cc(C#N)c2)c1F.O=C(O)C(F)(F)F. The van der Waals surface area contributed by atoms with Crippen molar-refractivity contribution in [3.8, 4) is 17.6 Å². The first kappa shape index (κ1) is 35.3. The highest BCUT2D eigenvalue weighted by molar-refractivity contribution is 6.32. The molecule has 0 spiro atoms. The number of nitrogens with zero attached hydrogens (tertiary/aromatic N) is 2. The van der Waals surface area contributed by atoms with Gasteiger partial charge in [-0.1, -0.05) is 35.3 Å². The molecule has 0 fully saturated rings. The fourth-order valence-electron chi connectivity index (χ4n) is 3.71. The molecule has 0 atom stereocenters. The summed E-state index contributed by atoms with van der Waals surface area (Å²) >= 11 is 12.1. The van der Waals surface area contributed by atoms with E-state index >= 15 is 4.39 Å². The quantitative estimate of drug-likeness (QED) is 0.167. The summed E-state index contributed by atoms with van der Waals surface area (Å²) < 4.78 is 52.6. The number of ether oxygens (including phenoxy) is 1. The maximum Gasteiger partial charge on any atom is 0.490 e. The third kappa shape index (κ3) is 10.2. The number of nitriles is 1. The van der Waals surface area contributed by atoms with Crippen molar-refractivity contribution in [1.82, 2.24) is 10.3 Å². The monoisotopic (exact) mass is 676 g/mol. The summed E-state index contributed by atoms with van der Waals surface area (Å²) in [4.78, 5) is 38.2. The van der Waals surface area contributed by atoms with E-state index < -0.39 is 23.9 Å². The summed E-state index contributed by atoms with van der Waals surface area (Å²) in [6.07, 6.45) is -2.06. The van der Waals surface area contributed by atoms with E-state index in [-0.39, 0.29) is 45.0 Å². The van der Waals surface area contributed by atoms with Gasteiger partial charge in [0, 0.05) is 40.8 Å². The number of carboxylic acids is 1. The molecule has 3 aromatic carbocycles. The van der Waals surface area contributed by atoms with Gasteiger partial charge in [-0.15, -0.1) is 0 Å². The zero-order valence-electron chi connectivity index (χ0n) is 23.6. The highest BCUT2D eigenvalue weighted by Crippen LogP contribution is 2.35. The molecule has 9 nitrogen and oxygen atoms in total. The molecule has 1 aromatic heterocycles. The van der Waals surface area contributed by atoms with Crippen molar-refractivity contribution >= 4 is 46.7 Å². The number of amides is 2. The first-order valence-corrected chi connectivity index (χ1v) is 13.7. The van der Waals surface area contributed by atoms with Crippen molar-refractivity contribution in [2.24, 2.45) is 0 Å². The maximum atomic E-state index is 15.3. The van der Waals surface area contributed by atoms with Crippen molar-refractivity contribution in [2.75, 3.05) is 5.32 Å². The number of hydrogen-bond acceptors (Lipinski definition) is 6. The van der Waals surface area contributed by atoms with Gasteiger partial charge in [0.05, 0.1) is 23.1 Å². The van der Waals surface area contributed by atoms with E-state index in [0.29, 0.717) is 23.4 Å². The van der Waals surface area contributed by atoms with E-state index in [4.69, 9.17) is 43.1 Å². The van der Waals surface area contributed by atoms with Crippen molar-refractivity contribution in [2.45, 2.75) is 26.1 Å². The Bertz CT molecular complexity index is 1800. The molecule has 0 radical (unpaired) electrons. The molecule has 2 amide bonds. The first-order valence-electron chi connectivity index (χ1n) is 12.9. The smallest absolute Gasteiger partial charge is 0.475 e. The molecule has 4 aromatic rings. The van der Waals surface area contributed by atoms with Crippen LogP contribution in [0.4, 0.5) is 23.2 Å². The van der Waals surface area contributed by atoms with Crippen LogP contribution < -0.4 is 15.4 Å². The largest absolute Gasteiger partial charge is 0.490 e. The van der Waals surface area contributed by atoms with Gasteiger partial charge >= 0.3 is 12.1 Å². The van der Waals surface area contributed by atoms with E-state index in [1.165, 1.54) is 30.3 Å². The van der Waals surface area contributed by atoms with Crippen LogP contribution in [0.1, 0.15) is 32.6 Å². The Morgan fingerprint density at radius 3 is 2.39 bits per heavy atom. The van der Waals surface area contributed by atoms with Gasteiger partial charge in [-0.2, -0.15) is 18.4 Å². The van der Waals surface area contributed by atoms with Crippen molar-refractivity contribution in [1.29, 1.82) is 5.26 Å². The van der Waals surface area contributed by atoms with E-state index in [1.54, 1.807) is 43.6 Å². The zero-order chi connectivity index (χ0) is 34.0. The topological polar surface area (TPSA) is 141 Å². The van der Waals surface area contributed by atoms with Gasteiger partial charge in [0.2, 0.25) is 5.91 Å². The second-order valence-electron chi connectivity index (χ2n) is 9.34. The molecule has 46 heavy (non-hydrogen) atoms. The van der Waals surface area contributed by atoms with Crippen LogP contribution in [0.3, 0.4) is 0 Å². The molecule has 3 N–H and O–H groups in total. The van der Waals surface area contributed by atoms with E-state index in [1.807, 2.05) is 12.1 Å². The van der Waals surface area contributed by atoms with Crippen molar-refractivity contribution in [3.05, 3.63) is 117 Å². The fourth-order valence-corrected chi connectivity index (χ4v) is 4.12. The normalized spacial score (nSPS) is 10.6. The van der Waals surface area contributed by atoms with Crippen molar-refractivity contribution < 1.29 is 41.8 Å². The Balaban J connectivity index is 0.000000738. The molecule has 0 saturated heterocycles. The molecule has 0 bridgehead atoms. The summed E-state index contributed by atoms with van der Waals surface area (Å²) in [7, 11) is 0. The van der Waals surface area contributed by atoms with Gasteiger partial charge in [0.25, 0.3) is 5.91 Å². The number of nitrogens with one attached hydrogen (secondary N) is 2. The van der Waals surface area contributed by atoms with E-state index in [0.717, 1.165) is 5.56 Å². The van der Waals surface area contributed by atoms with Crippen LogP contribution >= 0.6 is 23.2 Å². The number of anilines is 1. The van der Waals surface area contributed by atoms with Crippen LogP contribution in [-0.4, -0.2) is 34.1 Å². The third-order valence-electron chi connectivity index (χ3n) is 5.88.